The molecule has 5 heteroatoms. The molecule has 17 heavy (non-hydrogen) atoms. The predicted molar refractivity (Wildman–Crippen MR) is 68.6 cm³/mol. The zero-order valence-corrected chi connectivity index (χ0v) is 10.7. The van der Waals surface area contributed by atoms with Crippen molar-refractivity contribution in [1.29, 1.82) is 0 Å². The summed E-state index contributed by atoms with van der Waals surface area (Å²) in [6.07, 6.45) is 0.735. The number of hydrogen-bond acceptors (Lipinski definition) is 4. The van der Waals surface area contributed by atoms with E-state index in [2.05, 4.69) is 0 Å². The summed E-state index contributed by atoms with van der Waals surface area (Å²) in [5.41, 5.74) is 6.49. The zero-order valence-electron chi connectivity index (χ0n) is 9.85. The first-order valence-corrected chi connectivity index (χ1v) is 5.34. The Kier molecular flexibility index (Phi) is 8.19. The number of halogens is 1. The Labute approximate surface area is 108 Å². The van der Waals surface area contributed by atoms with Crippen molar-refractivity contribution in [3.63, 3.8) is 0 Å². The Balaban J connectivity index is 0.00000256. The van der Waals surface area contributed by atoms with Gasteiger partial charge in [-0.15, -0.1) is 12.4 Å². The quantitative estimate of drug-likeness (QED) is 0.788. The van der Waals surface area contributed by atoms with E-state index in [1.165, 1.54) is 0 Å². The summed E-state index contributed by atoms with van der Waals surface area (Å²) in [6, 6.07) is 7.54. The van der Waals surface area contributed by atoms with E-state index in [-0.39, 0.29) is 25.0 Å². The fourth-order valence-corrected chi connectivity index (χ4v) is 1.35. The first-order valence-electron chi connectivity index (χ1n) is 5.34. The summed E-state index contributed by atoms with van der Waals surface area (Å²) in [5, 5.41) is 0. The third kappa shape index (κ3) is 5.56. The first kappa shape index (κ1) is 15.7. The van der Waals surface area contributed by atoms with Gasteiger partial charge in [0, 0.05) is 0 Å². The minimum Gasteiger partial charge on any atom is -0.482 e. The molecule has 0 amide bonds. The molecule has 0 saturated carbocycles. The molecule has 0 bridgehead atoms. The maximum absolute atomic E-state index is 11.1. The van der Waals surface area contributed by atoms with Gasteiger partial charge in [0.05, 0.1) is 6.61 Å². The van der Waals surface area contributed by atoms with Crippen LogP contribution in [0, 0.1) is 0 Å². The lowest BCUT2D eigenvalue weighted by Gasteiger charge is -2.09. The monoisotopic (exact) mass is 259 g/mol. The highest BCUT2D eigenvalue weighted by Gasteiger charge is 2.06. The number of carbonyl (C=O) groups excluding carboxylic acids is 1. The maximum Gasteiger partial charge on any atom is 0.344 e. The van der Waals surface area contributed by atoms with Crippen LogP contribution in [0.3, 0.4) is 0 Å². The van der Waals surface area contributed by atoms with E-state index in [0.29, 0.717) is 18.9 Å². The van der Waals surface area contributed by atoms with Gasteiger partial charge < -0.3 is 15.2 Å². The SMILES string of the molecule is CCOC(=O)COc1ccccc1CCN.Cl. The third-order valence-electron chi connectivity index (χ3n) is 2.04. The Morgan fingerprint density at radius 1 is 1.35 bits per heavy atom. The van der Waals surface area contributed by atoms with Gasteiger partial charge in [-0.05, 0) is 31.5 Å². The topological polar surface area (TPSA) is 61.5 Å². The normalized spacial score (nSPS) is 9.29. The molecule has 1 aromatic carbocycles. The van der Waals surface area contributed by atoms with Crippen LogP contribution in [-0.4, -0.2) is 25.7 Å². The molecule has 0 aromatic heterocycles. The molecule has 0 aliphatic heterocycles. The smallest absolute Gasteiger partial charge is 0.344 e. The molecular formula is C12H18ClNO3. The van der Waals surface area contributed by atoms with Crippen LogP contribution >= 0.6 is 12.4 Å². The predicted octanol–water partition coefficient (Wildman–Crippen LogP) is 1.55. The van der Waals surface area contributed by atoms with Crippen LogP contribution < -0.4 is 10.5 Å². The summed E-state index contributed by atoms with van der Waals surface area (Å²) in [5.74, 6) is 0.339. The highest BCUT2D eigenvalue weighted by molar-refractivity contribution is 5.85. The number of carbonyl (C=O) groups is 1. The van der Waals surface area contributed by atoms with Crippen LogP contribution in [0.15, 0.2) is 24.3 Å². The lowest BCUT2D eigenvalue weighted by Crippen LogP contribution is -2.15. The molecule has 0 aliphatic carbocycles. The van der Waals surface area contributed by atoms with E-state index in [4.69, 9.17) is 15.2 Å². The van der Waals surface area contributed by atoms with E-state index in [0.717, 1.165) is 12.0 Å². The van der Waals surface area contributed by atoms with Crippen LogP contribution in [0.4, 0.5) is 0 Å². The van der Waals surface area contributed by atoms with Crippen LogP contribution in [-0.2, 0) is 16.0 Å². The first-order chi connectivity index (χ1) is 7.77. The van der Waals surface area contributed by atoms with Crippen molar-refractivity contribution >= 4 is 18.4 Å². The summed E-state index contributed by atoms with van der Waals surface area (Å²) in [7, 11) is 0. The highest BCUT2D eigenvalue weighted by atomic mass is 35.5. The maximum atomic E-state index is 11.1. The standard InChI is InChI=1S/C12H17NO3.ClH/c1-2-15-12(14)9-16-11-6-4-3-5-10(11)7-8-13;/h3-6H,2,7-9,13H2,1H3;1H. The van der Waals surface area contributed by atoms with Gasteiger partial charge in [0.1, 0.15) is 5.75 Å². The van der Waals surface area contributed by atoms with E-state index in [1.54, 1.807) is 6.92 Å². The Morgan fingerprint density at radius 3 is 2.71 bits per heavy atom. The number of rotatable bonds is 6. The van der Waals surface area contributed by atoms with E-state index >= 15 is 0 Å². The van der Waals surface area contributed by atoms with Gasteiger partial charge in [0.2, 0.25) is 0 Å². The summed E-state index contributed by atoms with van der Waals surface area (Å²) in [4.78, 5) is 11.1. The van der Waals surface area contributed by atoms with Gasteiger partial charge in [-0.1, -0.05) is 18.2 Å². The van der Waals surface area contributed by atoms with Crippen LogP contribution in [0.2, 0.25) is 0 Å². The molecule has 0 unspecified atom stereocenters. The lowest BCUT2D eigenvalue weighted by molar-refractivity contribution is -0.145. The molecule has 0 fully saturated rings. The van der Waals surface area contributed by atoms with Crippen molar-refractivity contribution in [2.45, 2.75) is 13.3 Å². The molecule has 0 heterocycles. The van der Waals surface area contributed by atoms with Crippen LogP contribution in [0.25, 0.3) is 0 Å². The second-order valence-corrected chi connectivity index (χ2v) is 3.24. The number of esters is 1. The van der Waals surface area contributed by atoms with Crippen molar-refractivity contribution in [2.24, 2.45) is 5.73 Å². The van der Waals surface area contributed by atoms with Crippen LogP contribution in [0.5, 0.6) is 5.75 Å². The summed E-state index contributed by atoms with van der Waals surface area (Å²) >= 11 is 0. The van der Waals surface area contributed by atoms with E-state index in [9.17, 15) is 4.79 Å². The average molecular weight is 260 g/mol. The summed E-state index contributed by atoms with van der Waals surface area (Å²) in [6.45, 7) is 2.63. The molecule has 2 N–H and O–H groups in total. The van der Waals surface area contributed by atoms with Crippen molar-refractivity contribution in [1.82, 2.24) is 0 Å². The minimum atomic E-state index is -0.356. The fraction of sp³-hybridized carbons (Fsp3) is 0.417. The second-order valence-electron chi connectivity index (χ2n) is 3.24. The molecule has 1 rings (SSSR count). The van der Waals surface area contributed by atoms with Gasteiger partial charge in [0.25, 0.3) is 0 Å². The zero-order chi connectivity index (χ0) is 11.8. The second kappa shape index (κ2) is 8.84. The number of hydrogen-bond donors (Lipinski definition) is 1. The van der Waals surface area contributed by atoms with Crippen molar-refractivity contribution in [2.75, 3.05) is 19.8 Å². The molecule has 1 aromatic rings. The van der Waals surface area contributed by atoms with Crippen molar-refractivity contribution in [3.8, 4) is 5.75 Å². The largest absolute Gasteiger partial charge is 0.482 e. The lowest BCUT2D eigenvalue weighted by atomic mass is 10.1. The van der Waals surface area contributed by atoms with E-state index < -0.39 is 0 Å². The fourth-order valence-electron chi connectivity index (χ4n) is 1.35. The summed E-state index contributed by atoms with van der Waals surface area (Å²) < 4.78 is 10.1. The Bertz CT molecular complexity index is 344. The minimum absolute atomic E-state index is 0. The number of nitrogens with two attached hydrogens (primary N) is 1. The molecule has 0 spiro atoms. The Hall–Kier alpha value is -1.26. The van der Waals surface area contributed by atoms with Gasteiger partial charge in [-0.3, -0.25) is 0 Å². The number of ether oxygens (including phenoxy) is 2. The molecule has 96 valence electrons. The van der Waals surface area contributed by atoms with Crippen LogP contribution in [0.1, 0.15) is 12.5 Å². The Morgan fingerprint density at radius 2 is 2.06 bits per heavy atom. The molecular weight excluding hydrogens is 242 g/mol. The molecule has 0 radical (unpaired) electrons. The number of para-hydroxylation sites is 1. The van der Waals surface area contributed by atoms with Gasteiger partial charge in [-0.2, -0.15) is 0 Å². The van der Waals surface area contributed by atoms with Crippen molar-refractivity contribution in [3.05, 3.63) is 29.8 Å². The average Bonchev–Trinajstić information content (AvgIpc) is 2.29. The number of benzene rings is 1. The van der Waals surface area contributed by atoms with E-state index in [1.807, 2.05) is 24.3 Å². The molecule has 0 saturated heterocycles. The molecule has 0 aliphatic rings. The van der Waals surface area contributed by atoms with Gasteiger partial charge in [-0.25, -0.2) is 4.79 Å². The highest BCUT2D eigenvalue weighted by Crippen LogP contribution is 2.17. The molecule has 4 nitrogen and oxygen atoms in total. The third-order valence-corrected chi connectivity index (χ3v) is 2.04. The molecule has 0 atom stereocenters. The van der Waals surface area contributed by atoms with Gasteiger partial charge >= 0.3 is 5.97 Å². The van der Waals surface area contributed by atoms with Gasteiger partial charge in [0.15, 0.2) is 6.61 Å². The van der Waals surface area contributed by atoms with Crippen molar-refractivity contribution < 1.29 is 14.3 Å².